The third-order valence-electron chi connectivity index (χ3n) is 3.51. The van der Waals surface area contributed by atoms with E-state index in [0.29, 0.717) is 0 Å². The van der Waals surface area contributed by atoms with Crippen LogP contribution >= 0.6 is 11.3 Å². The standard InChI is InChI=1S/C17H20N2O5S2/c1-3-12(2)18-15(20)11-24-17(21)13-7-4-5-8-14(13)19-26(22,23)16-9-6-10-25-16/h4-10,12,19H,3,11H2,1-2H3,(H,18,20)/t12-/m0/s1. The molecule has 26 heavy (non-hydrogen) atoms. The molecule has 0 aliphatic rings. The molecule has 0 aliphatic carbocycles. The highest BCUT2D eigenvalue weighted by Gasteiger charge is 2.20. The number of nitrogens with one attached hydrogen (secondary N) is 2. The van der Waals surface area contributed by atoms with Crippen molar-refractivity contribution >= 4 is 38.9 Å². The van der Waals surface area contributed by atoms with Crippen LogP contribution in [0.25, 0.3) is 0 Å². The van der Waals surface area contributed by atoms with Gasteiger partial charge in [0, 0.05) is 6.04 Å². The van der Waals surface area contributed by atoms with Crippen LogP contribution in [0.4, 0.5) is 5.69 Å². The maximum atomic E-state index is 12.3. The number of amides is 1. The number of esters is 1. The van der Waals surface area contributed by atoms with Gasteiger partial charge >= 0.3 is 5.97 Å². The second-order valence-electron chi connectivity index (χ2n) is 5.54. The largest absolute Gasteiger partial charge is 0.452 e. The molecule has 2 rings (SSSR count). The fourth-order valence-corrected chi connectivity index (χ4v) is 4.06. The van der Waals surface area contributed by atoms with Crippen LogP contribution in [0.15, 0.2) is 46.0 Å². The molecule has 0 saturated carbocycles. The zero-order valence-corrected chi connectivity index (χ0v) is 16.0. The first-order valence-electron chi connectivity index (χ1n) is 7.95. The number of carbonyl (C=O) groups excluding carboxylic acids is 2. The van der Waals surface area contributed by atoms with Gasteiger partial charge in [0.2, 0.25) is 0 Å². The van der Waals surface area contributed by atoms with Crippen molar-refractivity contribution in [3.05, 3.63) is 47.3 Å². The summed E-state index contributed by atoms with van der Waals surface area (Å²) in [6, 6.07) is 9.13. The quantitative estimate of drug-likeness (QED) is 0.668. The zero-order valence-electron chi connectivity index (χ0n) is 14.4. The summed E-state index contributed by atoms with van der Waals surface area (Å²) in [5, 5.41) is 4.32. The highest BCUT2D eigenvalue weighted by molar-refractivity contribution is 7.94. The molecule has 140 valence electrons. The minimum absolute atomic E-state index is 0.0221. The van der Waals surface area contributed by atoms with Gasteiger partial charge in [-0.25, -0.2) is 13.2 Å². The van der Waals surface area contributed by atoms with Crippen LogP contribution in [0.5, 0.6) is 0 Å². The van der Waals surface area contributed by atoms with Crippen molar-refractivity contribution in [3.63, 3.8) is 0 Å². The van der Waals surface area contributed by atoms with Gasteiger partial charge in [-0.15, -0.1) is 11.3 Å². The van der Waals surface area contributed by atoms with Crippen LogP contribution in [0.2, 0.25) is 0 Å². The average Bonchev–Trinajstić information content (AvgIpc) is 3.15. The molecule has 0 bridgehead atoms. The zero-order chi connectivity index (χ0) is 19.2. The average molecular weight is 396 g/mol. The van der Waals surface area contributed by atoms with E-state index < -0.39 is 28.5 Å². The van der Waals surface area contributed by atoms with Crippen LogP contribution in [0, 0.1) is 0 Å². The van der Waals surface area contributed by atoms with Crippen molar-refractivity contribution < 1.29 is 22.7 Å². The van der Waals surface area contributed by atoms with E-state index in [0.717, 1.165) is 17.8 Å². The van der Waals surface area contributed by atoms with Crippen molar-refractivity contribution in [2.45, 2.75) is 30.5 Å². The number of anilines is 1. The molecule has 0 radical (unpaired) electrons. The monoisotopic (exact) mass is 396 g/mol. The van der Waals surface area contributed by atoms with E-state index in [4.69, 9.17) is 4.74 Å². The molecule has 1 heterocycles. The van der Waals surface area contributed by atoms with E-state index >= 15 is 0 Å². The number of rotatable bonds is 8. The lowest BCUT2D eigenvalue weighted by Gasteiger charge is -2.13. The van der Waals surface area contributed by atoms with Gasteiger partial charge in [0.25, 0.3) is 15.9 Å². The van der Waals surface area contributed by atoms with E-state index in [-0.39, 0.29) is 21.5 Å². The van der Waals surface area contributed by atoms with Crippen molar-refractivity contribution in [2.24, 2.45) is 0 Å². The van der Waals surface area contributed by atoms with E-state index in [1.165, 1.54) is 18.2 Å². The number of benzene rings is 1. The first kappa shape index (κ1) is 19.9. The summed E-state index contributed by atoms with van der Waals surface area (Å²) in [4.78, 5) is 24.0. The van der Waals surface area contributed by atoms with Gasteiger partial charge in [-0.3, -0.25) is 9.52 Å². The van der Waals surface area contributed by atoms with E-state index in [1.54, 1.807) is 23.6 Å². The third kappa shape index (κ3) is 5.30. The highest BCUT2D eigenvalue weighted by atomic mass is 32.2. The molecular formula is C17H20N2O5S2. The number of hydrogen-bond donors (Lipinski definition) is 2. The summed E-state index contributed by atoms with van der Waals surface area (Å²) >= 11 is 1.07. The highest BCUT2D eigenvalue weighted by Crippen LogP contribution is 2.23. The molecular weight excluding hydrogens is 376 g/mol. The minimum Gasteiger partial charge on any atom is -0.452 e. The molecule has 1 aromatic heterocycles. The Kier molecular flexibility index (Phi) is 6.76. The maximum Gasteiger partial charge on any atom is 0.340 e. The molecule has 1 amide bonds. The van der Waals surface area contributed by atoms with E-state index in [1.807, 2.05) is 13.8 Å². The smallest absolute Gasteiger partial charge is 0.340 e. The Labute approximate surface area is 156 Å². The summed E-state index contributed by atoms with van der Waals surface area (Å²) in [7, 11) is -3.80. The molecule has 0 fully saturated rings. The topological polar surface area (TPSA) is 102 Å². The molecule has 1 atom stereocenters. The maximum absolute atomic E-state index is 12.3. The predicted octanol–water partition coefficient (Wildman–Crippen LogP) is 2.62. The molecule has 7 nitrogen and oxygen atoms in total. The summed E-state index contributed by atoms with van der Waals surface area (Å²) in [5.41, 5.74) is 0.122. The lowest BCUT2D eigenvalue weighted by molar-refractivity contribution is -0.124. The number of thiophene rings is 1. The van der Waals surface area contributed by atoms with Gasteiger partial charge in [-0.05, 0) is 36.9 Å². The van der Waals surface area contributed by atoms with E-state index in [2.05, 4.69) is 10.0 Å². The first-order chi connectivity index (χ1) is 12.3. The molecule has 2 N–H and O–H groups in total. The predicted molar refractivity (Wildman–Crippen MR) is 99.7 cm³/mol. The van der Waals surface area contributed by atoms with Crippen molar-refractivity contribution in [1.82, 2.24) is 5.32 Å². The van der Waals surface area contributed by atoms with Gasteiger partial charge in [-0.2, -0.15) is 0 Å². The number of hydrogen-bond acceptors (Lipinski definition) is 6. The SMILES string of the molecule is CC[C@H](C)NC(=O)COC(=O)c1ccccc1NS(=O)(=O)c1cccs1. The van der Waals surface area contributed by atoms with Gasteiger partial charge in [0.15, 0.2) is 6.61 Å². The van der Waals surface area contributed by atoms with Gasteiger partial charge in [0.1, 0.15) is 4.21 Å². The van der Waals surface area contributed by atoms with Crippen LogP contribution < -0.4 is 10.0 Å². The lowest BCUT2D eigenvalue weighted by atomic mass is 10.2. The van der Waals surface area contributed by atoms with Crippen molar-refractivity contribution in [3.8, 4) is 0 Å². The molecule has 0 unspecified atom stereocenters. The number of ether oxygens (including phenoxy) is 1. The normalized spacial score (nSPS) is 12.2. The molecule has 0 saturated heterocycles. The molecule has 1 aromatic carbocycles. The second-order valence-corrected chi connectivity index (χ2v) is 8.39. The Morgan fingerprint density at radius 2 is 1.92 bits per heavy atom. The number of para-hydroxylation sites is 1. The number of sulfonamides is 1. The van der Waals surface area contributed by atoms with Crippen molar-refractivity contribution in [1.29, 1.82) is 0 Å². The molecule has 9 heteroatoms. The van der Waals surface area contributed by atoms with Gasteiger partial charge in [0.05, 0.1) is 11.3 Å². The van der Waals surface area contributed by atoms with Crippen LogP contribution in [0.3, 0.4) is 0 Å². The van der Waals surface area contributed by atoms with Gasteiger partial charge in [-0.1, -0.05) is 25.1 Å². The van der Waals surface area contributed by atoms with Crippen LogP contribution in [0.1, 0.15) is 30.6 Å². The van der Waals surface area contributed by atoms with Crippen LogP contribution in [-0.4, -0.2) is 32.9 Å². The van der Waals surface area contributed by atoms with E-state index in [9.17, 15) is 18.0 Å². The molecule has 0 aliphatic heterocycles. The van der Waals surface area contributed by atoms with Crippen molar-refractivity contribution in [2.75, 3.05) is 11.3 Å². The fraction of sp³-hybridized carbons (Fsp3) is 0.294. The minimum atomic E-state index is -3.80. The fourth-order valence-electron chi connectivity index (χ4n) is 1.99. The number of carbonyl (C=O) groups is 2. The Morgan fingerprint density at radius 1 is 1.19 bits per heavy atom. The summed E-state index contributed by atoms with van der Waals surface area (Å²) < 4.78 is 32.2. The first-order valence-corrected chi connectivity index (χ1v) is 10.3. The Hall–Kier alpha value is -2.39. The molecule has 0 spiro atoms. The Morgan fingerprint density at radius 3 is 2.58 bits per heavy atom. The summed E-state index contributed by atoms with van der Waals surface area (Å²) in [6.45, 7) is 3.33. The lowest BCUT2D eigenvalue weighted by Crippen LogP contribution is -2.35. The molecule has 2 aromatic rings. The summed E-state index contributed by atoms with van der Waals surface area (Å²) in [5.74, 6) is -1.20. The second kappa shape index (κ2) is 8.81. The van der Waals surface area contributed by atoms with Crippen LogP contribution in [-0.2, 0) is 19.6 Å². The summed E-state index contributed by atoms with van der Waals surface area (Å²) in [6.07, 6.45) is 0.757. The Bertz CT molecular complexity index is 863. The Balaban J connectivity index is 2.08. The van der Waals surface area contributed by atoms with Gasteiger partial charge < -0.3 is 10.1 Å². The third-order valence-corrected chi connectivity index (χ3v) is 6.27.